The Morgan fingerprint density at radius 3 is 2.22 bits per heavy atom. The molecule has 0 saturated carbocycles. The van der Waals surface area contributed by atoms with Gasteiger partial charge in [0.25, 0.3) is 10.0 Å². The molecule has 4 aromatic rings. The third kappa shape index (κ3) is 3.34. The van der Waals surface area contributed by atoms with Crippen molar-refractivity contribution in [3.8, 4) is 5.75 Å². The molecule has 0 aliphatic carbocycles. The van der Waals surface area contributed by atoms with Gasteiger partial charge < -0.3 is 4.74 Å². The van der Waals surface area contributed by atoms with Gasteiger partial charge in [-0.1, -0.05) is 48.2 Å². The van der Waals surface area contributed by atoms with Crippen LogP contribution in [0, 0.1) is 0 Å². The van der Waals surface area contributed by atoms with Gasteiger partial charge in [0.1, 0.15) is 5.75 Å². The topological polar surface area (TPSA) is 48.3 Å². The summed E-state index contributed by atoms with van der Waals surface area (Å²) in [6, 6.07) is 23.7. The lowest BCUT2D eigenvalue weighted by Crippen LogP contribution is -2.11. The van der Waals surface area contributed by atoms with Gasteiger partial charge >= 0.3 is 0 Å². The average Bonchev–Trinajstić information content (AvgIpc) is 3.09. The van der Waals surface area contributed by atoms with E-state index in [1.165, 1.54) is 15.7 Å². The van der Waals surface area contributed by atoms with Gasteiger partial charge in [-0.15, -0.1) is 0 Å². The molecule has 0 saturated heterocycles. The first-order chi connectivity index (χ1) is 13.1. The highest BCUT2D eigenvalue weighted by Crippen LogP contribution is 2.37. The van der Waals surface area contributed by atoms with E-state index >= 15 is 0 Å². The smallest absolute Gasteiger partial charge is 0.268 e. The van der Waals surface area contributed by atoms with Crippen molar-refractivity contribution >= 4 is 32.7 Å². The van der Waals surface area contributed by atoms with Crippen LogP contribution >= 0.6 is 11.8 Å². The van der Waals surface area contributed by atoms with Crippen molar-refractivity contribution in [3.05, 3.63) is 85.1 Å². The Kier molecular flexibility index (Phi) is 4.68. The SMILES string of the molecule is COc1ccc(Sc2cn(S(=O)(=O)c3ccccc3)c3ccccc23)cc1. The van der Waals surface area contributed by atoms with Crippen LogP contribution in [0.3, 0.4) is 0 Å². The minimum atomic E-state index is -3.66. The highest BCUT2D eigenvalue weighted by molar-refractivity contribution is 7.99. The monoisotopic (exact) mass is 395 g/mol. The number of nitrogens with zero attached hydrogens (tertiary/aromatic N) is 1. The number of hydrogen-bond acceptors (Lipinski definition) is 4. The molecule has 3 aromatic carbocycles. The lowest BCUT2D eigenvalue weighted by Gasteiger charge is -2.07. The van der Waals surface area contributed by atoms with Crippen molar-refractivity contribution in [1.29, 1.82) is 0 Å². The molecule has 4 nitrogen and oxygen atoms in total. The second kappa shape index (κ2) is 7.13. The van der Waals surface area contributed by atoms with Gasteiger partial charge in [-0.05, 0) is 42.5 Å². The minimum Gasteiger partial charge on any atom is -0.497 e. The summed E-state index contributed by atoms with van der Waals surface area (Å²) >= 11 is 1.53. The fourth-order valence-electron chi connectivity index (χ4n) is 2.88. The maximum Gasteiger partial charge on any atom is 0.268 e. The Labute approximate surface area is 162 Å². The Hall–Kier alpha value is -2.70. The van der Waals surface area contributed by atoms with Crippen molar-refractivity contribution in [2.24, 2.45) is 0 Å². The summed E-state index contributed by atoms with van der Waals surface area (Å²) in [4.78, 5) is 2.16. The molecule has 0 spiro atoms. The number of hydrogen-bond donors (Lipinski definition) is 0. The number of para-hydroxylation sites is 1. The van der Waals surface area contributed by atoms with Gasteiger partial charge in [0.15, 0.2) is 0 Å². The number of methoxy groups -OCH3 is 1. The molecule has 0 radical (unpaired) electrons. The molecular weight excluding hydrogens is 378 g/mol. The zero-order valence-corrected chi connectivity index (χ0v) is 16.2. The fraction of sp³-hybridized carbons (Fsp3) is 0.0476. The molecular formula is C21H17NO3S2. The second-order valence-corrected chi connectivity index (χ2v) is 8.83. The number of aromatic nitrogens is 1. The molecule has 1 aromatic heterocycles. The van der Waals surface area contributed by atoms with Crippen LogP contribution in [-0.2, 0) is 10.0 Å². The number of ether oxygens (including phenoxy) is 1. The van der Waals surface area contributed by atoms with Crippen LogP contribution in [0.2, 0.25) is 0 Å². The van der Waals surface area contributed by atoms with Crippen molar-refractivity contribution in [2.75, 3.05) is 7.11 Å². The normalized spacial score (nSPS) is 11.6. The summed E-state index contributed by atoms with van der Waals surface area (Å²) in [7, 11) is -2.04. The Morgan fingerprint density at radius 2 is 1.52 bits per heavy atom. The van der Waals surface area contributed by atoms with Crippen LogP contribution in [0.15, 0.2) is 99.7 Å². The number of fused-ring (bicyclic) bond motifs is 1. The largest absolute Gasteiger partial charge is 0.497 e. The molecule has 0 atom stereocenters. The standard InChI is InChI=1S/C21H17NO3S2/c1-25-16-11-13-17(14-12-16)26-21-15-22(20-10-6-5-9-19(20)21)27(23,24)18-7-3-2-4-8-18/h2-15H,1H3. The summed E-state index contributed by atoms with van der Waals surface area (Å²) in [6.07, 6.45) is 1.70. The van der Waals surface area contributed by atoms with Crippen molar-refractivity contribution in [1.82, 2.24) is 3.97 Å². The highest BCUT2D eigenvalue weighted by atomic mass is 32.2. The van der Waals surface area contributed by atoms with E-state index in [0.29, 0.717) is 5.52 Å². The van der Waals surface area contributed by atoms with E-state index in [9.17, 15) is 8.42 Å². The lowest BCUT2D eigenvalue weighted by atomic mass is 10.2. The Bertz CT molecular complexity index is 1180. The summed E-state index contributed by atoms with van der Waals surface area (Å²) in [5, 5.41) is 0.901. The third-order valence-electron chi connectivity index (χ3n) is 4.23. The van der Waals surface area contributed by atoms with Gasteiger partial charge in [-0.25, -0.2) is 12.4 Å². The maximum atomic E-state index is 13.1. The lowest BCUT2D eigenvalue weighted by molar-refractivity contribution is 0.414. The van der Waals surface area contributed by atoms with E-state index in [-0.39, 0.29) is 4.90 Å². The van der Waals surface area contributed by atoms with Gasteiger partial charge in [0.2, 0.25) is 0 Å². The molecule has 0 unspecified atom stereocenters. The number of rotatable bonds is 5. The molecule has 4 rings (SSSR count). The van der Waals surface area contributed by atoms with Crippen LogP contribution < -0.4 is 4.74 Å². The molecule has 0 fully saturated rings. The molecule has 6 heteroatoms. The van der Waals surface area contributed by atoms with Crippen LogP contribution in [0.25, 0.3) is 10.9 Å². The van der Waals surface area contributed by atoms with Gasteiger partial charge in [0.05, 0.1) is 17.5 Å². The number of benzene rings is 3. The van der Waals surface area contributed by atoms with Gasteiger partial charge in [-0.3, -0.25) is 0 Å². The fourth-order valence-corrected chi connectivity index (χ4v) is 5.30. The first-order valence-electron chi connectivity index (χ1n) is 8.32. The summed E-state index contributed by atoms with van der Waals surface area (Å²) < 4.78 is 32.8. The molecule has 0 aliphatic heterocycles. The van der Waals surface area contributed by atoms with Gasteiger partial charge in [0, 0.05) is 21.4 Å². The minimum absolute atomic E-state index is 0.270. The Balaban J connectivity index is 1.82. The first kappa shape index (κ1) is 17.7. The van der Waals surface area contributed by atoms with Crippen LogP contribution in [0.4, 0.5) is 0 Å². The zero-order valence-electron chi connectivity index (χ0n) is 14.6. The second-order valence-electron chi connectivity index (χ2n) is 5.90. The molecule has 0 bridgehead atoms. The van der Waals surface area contributed by atoms with Crippen LogP contribution in [0.1, 0.15) is 0 Å². The van der Waals surface area contributed by atoms with E-state index in [2.05, 4.69) is 0 Å². The summed E-state index contributed by atoms with van der Waals surface area (Å²) in [5.41, 5.74) is 0.664. The molecule has 136 valence electrons. The van der Waals surface area contributed by atoms with Crippen molar-refractivity contribution in [3.63, 3.8) is 0 Å². The quantitative estimate of drug-likeness (QED) is 0.475. The predicted molar refractivity (Wildman–Crippen MR) is 108 cm³/mol. The van der Waals surface area contributed by atoms with E-state index in [1.54, 1.807) is 43.6 Å². The zero-order chi connectivity index (χ0) is 18.9. The van der Waals surface area contributed by atoms with E-state index in [0.717, 1.165) is 20.9 Å². The molecule has 0 N–H and O–H groups in total. The molecule has 0 amide bonds. The van der Waals surface area contributed by atoms with E-state index < -0.39 is 10.0 Å². The van der Waals surface area contributed by atoms with E-state index in [1.807, 2.05) is 48.5 Å². The van der Waals surface area contributed by atoms with Crippen LogP contribution in [0.5, 0.6) is 5.75 Å². The summed E-state index contributed by atoms with van der Waals surface area (Å²) in [5.74, 6) is 0.786. The molecule has 1 heterocycles. The molecule has 27 heavy (non-hydrogen) atoms. The van der Waals surface area contributed by atoms with Crippen LogP contribution in [-0.4, -0.2) is 19.5 Å². The third-order valence-corrected chi connectivity index (χ3v) is 6.97. The van der Waals surface area contributed by atoms with Gasteiger partial charge in [-0.2, -0.15) is 0 Å². The molecule has 0 aliphatic rings. The van der Waals surface area contributed by atoms with Crippen molar-refractivity contribution in [2.45, 2.75) is 14.7 Å². The average molecular weight is 396 g/mol. The predicted octanol–water partition coefficient (Wildman–Crippen LogP) is 5.04. The van der Waals surface area contributed by atoms with Crippen molar-refractivity contribution < 1.29 is 13.2 Å². The maximum absolute atomic E-state index is 13.1. The highest BCUT2D eigenvalue weighted by Gasteiger charge is 2.21. The first-order valence-corrected chi connectivity index (χ1v) is 10.6. The Morgan fingerprint density at radius 1 is 0.852 bits per heavy atom. The van der Waals surface area contributed by atoms with E-state index in [4.69, 9.17) is 4.74 Å². The summed E-state index contributed by atoms with van der Waals surface area (Å²) in [6.45, 7) is 0.